The van der Waals surface area contributed by atoms with Gasteiger partial charge < -0.3 is 10.2 Å². The number of hydrogen-bond donors (Lipinski definition) is 1. The highest BCUT2D eigenvalue weighted by atomic mass is 16.2. The molecule has 3 heterocycles. The lowest BCUT2D eigenvalue weighted by atomic mass is 9.64. The molecule has 8 heteroatoms. The number of carbonyl (C=O) groups is 3. The number of piperazine rings is 1. The summed E-state index contributed by atoms with van der Waals surface area (Å²) in [5.74, 6) is 0.958. The Balaban J connectivity index is 1.38. The van der Waals surface area contributed by atoms with Crippen molar-refractivity contribution in [2.45, 2.75) is 45.6 Å². The second-order valence-electron chi connectivity index (χ2n) is 9.87. The van der Waals surface area contributed by atoms with E-state index in [1.807, 2.05) is 24.4 Å². The molecule has 4 rings (SSSR count). The minimum atomic E-state index is -0.861. The van der Waals surface area contributed by atoms with Crippen LogP contribution in [0.2, 0.25) is 0 Å². The molecule has 1 aliphatic carbocycles. The van der Waals surface area contributed by atoms with E-state index in [0.29, 0.717) is 44.9 Å². The summed E-state index contributed by atoms with van der Waals surface area (Å²) in [5.41, 5.74) is -0.883. The van der Waals surface area contributed by atoms with E-state index in [0.717, 1.165) is 17.1 Å². The number of anilines is 1. The van der Waals surface area contributed by atoms with Crippen molar-refractivity contribution in [1.82, 2.24) is 15.1 Å². The van der Waals surface area contributed by atoms with Gasteiger partial charge in [-0.3, -0.25) is 19.4 Å². The predicted octanol–water partition coefficient (Wildman–Crippen LogP) is 1.29. The van der Waals surface area contributed by atoms with Gasteiger partial charge in [-0.15, -0.1) is 0 Å². The fourth-order valence-corrected chi connectivity index (χ4v) is 5.66. The van der Waals surface area contributed by atoms with Crippen LogP contribution in [-0.2, 0) is 9.59 Å². The molecule has 2 aliphatic heterocycles. The normalized spacial score (nSPS) is 28.8. The number of amides is 4. The molecule has 2 saturated heterocycles. The highest BCUT2D eigenvalue weighted by Gasteiger charge is 2.56. The lowest BCUT2D eigenvalue weighted by Crippen LogP contribution is -2.55. The van der Waals surface area contributed by atoms with Crippen LogP contribution in [0, 0.1) is 11.3 Å². The molecule has 2 atom stereocenters. The van der Waals surface area contributed by atoms with E-state index < -0.39 is 11.6 Å². The summed E-state index contributed by atoms with van der Waals surface area (Å²) in [7, 11) is 0. The number of rotatable bonds is 3. The molecule has 8 nitrogen and oxygen atoms in total. The Bertz CT molecular complexity index is 834. The number of nitrogens with zero attached hydrogens (tertiary/aromatic N) is 3. The van der Waals surface area contributed by atoms with Gasteiger partial charge in [-0.2, -0.15) is 0 Å². The van der Waals surface area contributed by atoms with Gasteiger partial charge in [-0.25, -0.2) is 9.78 Å². The van der Waals surface area contributed by atoms with E-state index in [1.54, 1.807) is 4.90 Å². The summed E-state index contributed by atoms with van der Waals surface area (Å²) in [6.45, 7) is 8.78. The molecule has 1 spiro atoms. The first-order valence-electron chi connectivity index (χ1n) is 10.8. The summed E-state index contributed by atoms with van der Waals surface area (Å²) in [6, 6.07) is 5.49. The average Bonchev–Trinajstić information content (AvgIpc) is 2.90. The maximum absolute atomic E-state index is 13.2. The van der Waals surface area contributed by atoms with Crippen molar-refractivity contribution in [3.63, 3.8) is 0 Å². The number of pyridine rings is 1. The number of H-pyrrole nitrogens is 1. The molecular formula is C22H32N5O3+. The minimum Gasteiger partial charge on any atom is -0.333 e. The monoisotopic (exact) mass is 414 g/mol. The zero-order valence-corrected chi connectivity index (χ0v) is 18.1. The van der Waals surface area contributed by atoms with Crippen LogP contribution in [0.4, 0.5) is 10.6 Å². The number of imide groups is 1. The van der Waals surface area contributed by atoms with Gasteiger partial charge in [0.25, 0.3) is 11.7 Å². The van der Waals surface area contributed by atoms with Crippen molar-refractivity contribution in [2.24, 2.45) is 11.3 Å². The quantitative estimate of drug-likeness (QED) is 0.755. The smallest absolute Gasteiger partial charge is 0.325 e. The molecule has 0 bridgehead atoms. The third-order valence-electron chi connectivity index (χ3n) is 6.58. The average molecular weight is 415 g/mol. The summed E-state index contributed by atoms with van der Waals surface area (Å²) >= 11 is 0. The Hall–Kier alpha value is -2.64. The van der Waals surface area contributed by atoms with Crippen molar-refractivity contribution in [3.8, 4) is 0 Å². The summed E-state index contributed by atoms with van der Waals surface area (Å²) in [5, 5.41) is 2.95. The van der Waals surface area contributed by atoms with E-state index in [-0.39, 0.29) is 23.8 Å². The molecular weight excluding hydrogens is 382 g/mol. The molecule has 3 aliphatic rings. The summed E-state index contributed by atoms with van der Waals surface area (Å²) < 4.78 is 0. The van der Waals surface area contributed by atoms with Crippen molar-refractivity contribution in [2.75, 3.05) is 37.6 Å². The Labute approximate surface area is 177 Å². The van der Waals surface area contributed by atoms with E-state index in [2.05, 4.69) is 36.0 Å². The zero-order valence-electron chi connectivity index (χ0n) is 18.1. The summed E-state index contributed by atoms with van der Waals surface area (Å²) in [6.07, 6.45) is 4.16. The molecule has 1 saturated carbocycles. The molecule has 0 aromatic carbocycles. The zero-order chi connectivity index (χ0) is 21.5. The number of aromatic nitrogens is 1. The van der Waals surface area contributed by atoms with Gasteiger partial charge in [0.05, 0.1) is 19.3 Å². The first-order valence-corrected chi connectivity index (χ1v) is 10.8. The molecule has 30 heavy (non-hydrogen) atoms. The Morgan fingerprint density at radius 3 is 2.53 bits per heavy atom. The number of nitrogens with one attached hydrogen (secondary N) is 2. The largest absolute Gasteiger partial charge is 0.333 e. The van der Waals surface area contributed by atoms with Gasteiger partial charge >= 0.3 is 6.03 Å². The second kappa shape index (κ2) is 7.56. The molecule has 0 unspecified atom stereocenters. The van der Waals surface area contributed by atoms with Crippen LogP contribution >= 0.6 is 0 Å². The molecule has 1 aromatic rings. The van der Waals surface area contributed by atoms with Crippen LogP contribution in [-0.4, -0.2) is 65.9 Å². The third kappa shape index (κ3) is 3.87. The lowest BCUT2D eigenvalue weighted by molar-refractivity contribution is -0.364. The fraction of sp³-hybridized carbons (Fsp3) is 0.636. The van der Waals surface area contributed by atoms with Gasteiger partial charge in [-0.05, 0) is 36.7 Å². The second-order valence-corrected chi connectivity index (χ2v) is 9.87. The predicted molar refractivity (Wildman–Crippen MR) is 112 cm³/mol. The molecule has 4 amide bonds. The van der Waals surface area contributed by atoms with E-state index in [1.165, 1.54) is 0 Å². The molecule has 162 valence electrons. The van der Waals surface area contributed by atoms with Crippen LogP contribution in [0.1, 0.15) is 40.0 Å². The van der Waals surface area contributed by atoms with Gasteiger partial charge in [-0.1, -0.05) is 26.8 Å². The summed E-state index contributed by atoms with van der Waals surface area (Å²) in [4.78, 5) is 47.0. The topological polar surface area (TPSA) is 87.1 Å². The van der Waals surface area contributed by atoms with E-state index >= 15 is 0 Å². The van der Waals surface area contributed by atoms with Crippen LogP contribution in [0.15, 0.2) is 24.4 Å². The molecule has 1 aromatic heterocycles. The van der Waals surface area contributed by atoms with Crippen molar-refractivity contribution in [3.05, 3.63) is 24.4 Å². The first kappa shape index (κ1) is 20.6. The van der Waals surface area contributed by atoms with Crippen LogP contribution in [0.5, 0.6) is 0 Å². The third-order valence-corrected chi connectivity index (χ3v) is 6.58. The van der Waals surface area contributed by atoms with Gasteiger partial charge in [0.15, 0.2) is 0 Å². The number of urea groups is 1. The van der Waals surface area contributed by atoms with E-state index in [4.69, 9.17) is 0 Å². The molecule has 3 fully saturated rings. The fourth-order valence-electron chi connectivity index (χ4n) is 5.66. The standard InChI is InChI=1S/C22H31N5O3/c1-16-12-21(2,3)15-22(13-16)19(29)27(20(30)24-22)14-18(28)26-10-8-25(9-11-26)17-6-4-5-7-23-17/h4-7,16H,8-15H2,1-3H3,(H,24,30)/p+1/t16-,22-/m1/s1. The first-order chi connectivity index (χ1) is 14.2. The van der Waals surface area contributed by atoms with E-state index in [9.17, 15) is 14.4 Å². The van der Waals surface area contributed by atoms with Crippen LogP contribution < -0.4 is 15.2 Å². The lowest BCUT2D eigenvalue weighted by Gasteiger charge is -2.43. The Morgan fingerprint density at radius 1 is 1.17 bits per heavy atom. The SMILES string of the molecule is C[C@@H]1CC(C)(C)C[C@@]2(C1)NC(=O)N(CC(=O)N1CCN(c3cccc[nH+]3)CC1)C2=O. The molecule has 0 radical (unpaired) electrons. The Kier molecular flexibility index (Phi) is 5.20. The van der Waals surface area contributed by atoms with Gasteiger partial charge in [0.1, 0.15) is 25.2 Å². The maximum Gasteiger partial charge on any atom is 0.325 e. The number of hydrogen-bond acceptors (Lipinski definition) is 4. The highest BCUT2D eigenvalue weighted by molar-refractivity contribution is 6.09. The maximum atomic E-state index is 13.2. The minimum absolute atomic E-state index is 0.0224. The van der Waals surface area contributed by atoms with Crippen LogP contribution in [0.25, 0.3) is 0 Å². The van der Waals surface area contributed by atoms with Gasteiger partial charge in [0.2, 0.25) is 5.91 Å². The van der Waals surface area contributed by atoms with Crippen LogP contribution in [0.3, 0.4) is 0 Å². The Morgan fingerprint density at radius 2 is 1.90 bits per heavy atom. The molecule has 2 N–H and O–H groups in total. The number of aromatic amines is 1. The van der Waals surface area contributed by atoms with Gasteiger partial charge in [0, 0.05) is 6.07 Å². The number of carbonyl (C=O) groups excluding carboxylic acids is 3. The van der Waals surface area contributed by atoms with Crippen molar-refractivity contribution >= 4 is 23.7 Å². The highest BCUT2D eigenvalue weighted by Crippen LogP contribution is 2.46. The van der Waals surface area contributed by atoms with Crippen molar-refractivity contribution in [1.29, 1.82) is 0 Å². The van der Waals surface area contributed by atoms with Crippen molar-refractivity contribution < 1.29 is 19.4 Å².